The average Bonchev–Trinajstić information content (AvgIpc) is 2.25. The first kappa shape index (κ1) is 13.3. The van der Waals surface area contributed by atoms with Crippen LogP contribution in [0.3, 0.4) is 0 Å². The van der Waals surface area contributed by atoms with Crippen LogP contribution in [0.25, 0.3) is 0 Å². The summed E-state index contributed by atoms with van der Waals surface area (Å²) in [6.45, 7) is 0. The lowest BCUT2D eigenvalue weighted by molar-refractivity contribution is -0.385. The fourth-order valence-electron chi connectivity index (χ4n) is 1.08. The second-order valence-electron chi connectivity index (χ2n) is 3.12. The van der Waals surface area contributed by atoms with Crippen LogP contribution in [0, 0.1) is 15.9 Å². The molecule has 18 heavy (non-hydrogen) atoms. The van der Waals surface area contributed by atoms with Crippen LogP contribution in [0.4, 0.5) is 15.8 Å². The predicted molar refractivity (Wildman–Crippen MR) is 58.5 cm³/mol. The number of carboxylic acids is 1. The van der Waals surface area contributed by atoms with E-state index in [1.165, 1.54) is 0 Å². The minimum atomic E-state index is -1.32. The van der Waals surface area contributed by atoms with E-state index in [1.54, 1.807) is 0 Å². The topological polar surface area (TPSA) is 110 Å². The van der Waals surface area contributed by atoms with Crippen LogP contribution in [-0.2, 0) is 9.59 Å². The first-order chi connectivity index (χ1) is 8.38. The lowest BCUT2D eigenvalue weighted by Gasteiger charge is -2.02. The van der Waals surface area contributed by atoms with Gasteiger partial charge >= 0.3 is 5.97 Å². The molecule has 0 aliphatic carbocycles. The second-order valence-corrected chi connectivity index (χ2v) is 3.12. The Morgan fingerprint density at radius 2 is 2.00 bits per heavy atom. The van der Waals surface area contributed by atoms with Crippen LogP contribution in [0.1, 0.15) is 0 Å². The molecule has 0 saturated heterocycles. The number of carbonyl (C=O) groups excluding carboxylic acids is 1. The highest BCUT2D eigenvalue weighted by Gasteiger charge is 2.10. The molecule has 0 fully saturated rings. The Morgan fingerprint density at radius 1 is 1.33 bits per heavy atom. The molecule has 0 atom stereocenters. The second kappa shape index (κ2) is 5.53. The molecule has 7 nitrogen and oxygen atoms in total. The van der Waals surface area contributed by atoms with Gasteiger partial charge in [-0.1, -0.05) is 0 Å². The number of rotatable bonds is 4. The number of nitrogens with one attached hydrogen (secondary N) is 1. The predicted octanol–water partition coefficient (Wildman–Crippen LogP) is 1.31. The van der Waals surface area contributed by atoms with E-state index in [0.717, 1.165) is 12.1 Å². The van der Waals surface area contributed by atoms with Crippen molar-refractivity contribution in [1.29, 1.82) is 0 Å². The maximum Gasteiger partial charge on any atom is 0.328 e. The van der Waals surface area contributed by atoms with Crippen molar-refractivity contribution in [3.63, 3.8) is 0 Å². The summed E-state index contributed by atoms with van der Waals surface area (Å²) < 4.78 is 13.0. The molecule has 0 aliphatic heterocycles. The molecule has 1 amide bonds. The van der Waals surface area contributed by atoms with Crippen molar-refractivity contribution >= 4 is 23.3 Å². The summed E-state index contributed by atoms with van der Waals surface area (Å²) in [5.74, 6) is -3.05. The Morgan fingerprint density at radius 3 is 2.56 bits per heavy atom. The fourth-order valence-corrected chi connectivity index (χ4v) is 1.08. The van der Waals surface area contributed by atoms with Gasteiger partial charge in [0.2, 0.25) is 5.91 Å². The minimum absolute atomic E-state index is 0.137. The smallest absolute Gasteiger partial charge is 0.328 e. The first-order valence-corrected chi connectivity index (χ1v) is 4.55. The zero-order valence-corrected chi connectivity index (χ0v) is 8.79. The van der Waals surface area contributed by atoms with Crippen molar-refractivity contribution in [1.82, 2.24) is 0 Å². The van der Waals surface area contributed by atoms with Crippen LogP contribution in [0.2, 0.25) is 0 Å². The number of anilines is 1. The number of amides is 1. The molecule has 2 N–H and O–H groups in total. The number of carboxylic acid groups (broad SMARTS) is 1. The lowest BCUT2D eigenvalue weighted by Crippen LogP contribution is -2.09. The SMILES string of the molecule is O=C(O)/C=C/C(=O)Nc1cc(F)cc([N+](=O)[O-])c1. The summed E-state index contributed by atoms with van der Waals surface area (Å²) in [7, 11) is 0. The number of hydrogen-bond acceptors (Lipinski definition) is 4. The number of nitro benzene ring substituents is 1. The summed E-state index contributed by atoms with van der Waals surface area (Å²) in [6.07, 6.45) is 1.29. The van der Waals surface area contributed by atoms with Gasteiger partial charge in [-0.3, -0.25) is 14.9 Å². The van der Waals surface area contributed by atoms with Crippen molar-refractivity contribution < 1.29 is 24.0 Å². The van der Waals surface area contributed by atoms with Gasteiger partial charge in [0.25, 0.3) is 5.69 Å². The number of non-ortho nitro benzene ring substituents is 1. The van der Waals surface area contributed by atoms with E-state index in [1.807, 2.05) is 0 Å². The van der Waals surface area contributed by atoms with Crippen molar-refractivity contribution in [3.8, 4) is 0 Å². The van der Waals surface area contributed by atoms with Crippen LogP contribution in [0.15, 0.2) is 30.4 Å². The van der Waals surface area contributed by atoms with E-state index < -0.39 is 28.3 Å². The maximum atomic E-state index is 13.0. The molecule has 0 bridgehead atoms. The Bertz CT molecular complexity index is 541. The molecule has 0 spiro atoms. The molecule has 8 heteroatoms. The molecule has 1 aromatic rings. The number of halogens is 1. The van der Waals surface area contributed by atoms with E-state index in [2.05, 4.69) is 5.32 Å². The number of nitrogens with zero attached hydrogens (tertiary/aromatic N) is 1. The number of hydrogen-bond donors (Lipinski definition) is 2. The van der Waals surface area contributed by atoms with E-state index in [-0.39, 0.29) is 5.69 Å². The maximum absolute atomic E-state index is 13.0. The van der Waals surface area contributed by atoms with E-state index in [0.29, 0.717) is 18.2 Å². The normalized spacial score (nSPS) is 10.3. The zero-order valence-electron chi connectivity index (χ0n) is 8.79. The van der Waals surface area contributed by atoms with Gasteiger partial charge in [0, 0.05) is 18.2 Å². The number of carbonyl (C=O) groups is 2. The van der Waals surface area contributed by atoms with Gasteiger partial charge in [-0.15, -0.1) is 0 Å². The molecular weight excluding hydrogens is 247 g/mol. The standard InChI is InChI=1S/C10H7FN2O5/c11-6-3-7(5-8(4-6)13(17)18)12-9(14)1-2-10(15)16/h1-5H,(H,12,14)(H,15,16)/b2-1+. The quantitative estimate of drug-likeness (QED) is 0.478. The highest BCUT2D eigenvalue weighted by Crippen LogP contribution is 2.19. The van der Waals surface area contributed by atoms with Crippen molar-refractivity contribution in [2.24, 2.45) is 0 Å². The molecule has 0 radical (unpaired) electrons. The van der Waals surface area contributed by atoms with Crippen LogP contribution >= 0.6 is 0 Å². The van der Waals surface area contributed by atoms with Crippen LogP contribution in [0.5, 0.6) is 0 Å². The highest BCUT2D eigenvalue weighted by molar-refractivity contribution is 6.02. The third kappa shape index (κ3) is 4.00. The van der Waals surface area contributed by atoms with Crippen molar-refractivity contribution in [2.75, 3.05) is 5.32 Å². The fraction of sp³-hybridized carbons (Fsp3) is 0. The van der Waals surface area contributed by atoms with Gasteiger partial charge in [0.15, 0.2) is 0 Å². The summed E-state index contributed by atoms with van der Waals surface area (Å²) in [5, 5.41) is 20.8. The van der Waals surface area contributed by atoms with Gasteiger partial charge in [-0.2, -0.15) is 0 Å². The van der Waals surface area contributed by atoms with Crippen LogP contribution < -0.4 is 5.32 Å². The Balaban J connectivity index is 2.88. The number of benzene rings is 1. The summed E-state index contributed by atoms with van der Waals surface area (Å²) >= 11 is 0. The third-order valence-corrected chi connectivity index (χ3v) is 1.74. The third-order valence-electron chi connectivity index (χ3n) is 1.74. The van der Waals surface area contributed by atoms with Gasteiger partial charge in [-0.25, -0.2) is 9.18 Å². The van der Waals surface area contributed by atoms with Gasteiger partial charge in [0.1, 0.15) is 5.82 Å². The van der Waals surface area contributed by atoms with Crippen LogP contribution in [-0.4, -0.2) is 21.9 Å². The lowest BCUT2D eigenvalue weighted by atomic mass is 10.2. The molecule has 0 unspecified atom stereocenters. The Hall–Kier alpha value is -2.77. The van der Waals surface area contributed by atoms with E-state index in [9.17, 15) is 24.1 Å². The Kier molecular flexibility index (Phi) is 4.08. The van der Waals surface area contributed by atoms with E-state index in [4.69, 9.17) is 5.11 Å². The highest BCUT2D eigenvalue weighted by atomic mass is 19.1. The zero-order chi connectivity index (χ0) is 13.7. The molecule has 0 aliphatic rings. The van der Waals surface area contributed by atoms with Gasteiger partial charge < -0.3 is 10.4 Å². The molecule has 1 aromatic carbocycles. The monoisotopic (exact) mass is 254 g/mol. The molecule has 0 aromatic heterocycles. The van der Waals surface area contributed by atoms with Crippen molar-refractivity contribution in [2.45, 2.75) is 0 Å². The first-order valence-electron chi connectivity index (χ1n) is 4.55. The summed E-state index contributed by atoms with van der Waals surface area (Å²) in [4.78, 5) is 30.9. The molecule has 1 rings (SSSR count). The van der Waals surface area contributed by atoms with Gasteiger partial charge in [-0.05, 0) is 6.07 Å². The minimum Gasteiger partial charge on any atom is -0.478 e. The Labute approximate surface area is 99.7 Å². The molecular formula is C10H7FN2O5. The number of aliphatic carboxylic acids is 1. The summed E-state index contributed by atoms with van der Waals surface area (Å²) in [6, 6.07) is 2.53. The number of nitro groups is 1. The molecule has 0 saturated carbocycles. The average molecular weight is 254 g/mol. The molecule has 0 heterocycles. The van der Waals surface area contributed by atoms with E-state index >= 15 is 0 Å². The van der Waals surface area contributed by atoms with Crippen molar-refractivity contribution in [3.05, 3.63) is 46.3 Å². The van der Waals surface area contributed by atoms with Gasteiger partial charge in [0.05, 0.1) is 16.7 Å². The molecule has 94 valence electrons. The largest absolute Gasteiger partial charge is 0.478 e. The summed E-state index contributed by atoms with van der Waals surface area (Å²) in [5.41, 5.74) is -0.658.